The van der Waals surface area contributed by atoms with E-state index in [4.69, 9.17) is 10.8 Å². The molecule has 2 rings (SSSR count). The van der Waals surface area contributed by atoms with Gasteiger partial charge in [-0.05, 0) is 36.0 Å². The quantitative estimate of drug-likeness (QED) is 0.683. The number of aliphatic hydroxyl groups is 1. The number of hydrogen-bond acceptors (Lipinski definition) is 2. The number of hydrogen-bond donors (Lipinski definition) is 2. The summed E-state index contributed by atoms with van der Waals surface area (Å²) in [4.78, 5) is 0. The predicted octanol–water partition coefficient (Wildman–Crippen LogP) is 1.52. The normalized spacial score (nSPS) is 21.2. The topological polar surface area (TPSA) is 46.2 Å². The molecule has 0 radical (unpaired) electrons. The lowest BCUT2D eigenvalue weighted by Crippen LogP contribution is -2.17. The van der Waals surface area contributed by atoms with E-state index in [0.29, 0.717) is 0 Å². The molecule has 1 atom stereocenters. The van der Waals surface area contributed by atoms with Crippen LogP contribution >= 0.6 is 0 Å². The Morgan fingerprint density at radius 2 is 2.31 bits per heavy atom. The minimum Gasteiger partial charge on any atom is -0.392 e. The number of benzene rings is 1. The molecule has 0 heterocycles. The van der Waals surface area contributed by atoms with Crippen molar-refractivity contribution >= 4 is 0 Å². The molecule has 0 aliphatic heterocycles. The van der Waals surface area contributed by atoms with E-state index in [2.05, 4.69) is 12.1 Å². The summed E-state index contributed by atoms with van der Waals surface area (Å²) in [6.07, 6.45) is 3.37. The van der Waals surface area contributed by atoms with Crippen LogP contribution in [0.5, 0.6) is 0 Å². The van der Waals surface area contributed by atoms with Gasteiger partial charge in [0.25, 0.3) is 0 Å². The third-order valence-electron chi connectivity index (χ3n) is 2.75. The molecule has 1 aliphatic carbocycles. The fourth-order valence-electron chi connectivity index (χ4n) is 2.00. The highest BCUT2D eigenvalue weighted by atomic mass is 16.3. The first kappa shape index (κ1) is 8.73. The molecule has 13 heavy (non-hydrogen) atoms. The first-order valence-electron chi connectivity index (χ1n) is 4.79. The molecular weight excluding hydrogens is 162 g/mol. The predicted molar refractivity (Wildman–Crippen MR) is 52.2 cm³/mol. The highest BCUT2D eigenvalue weighted by molar-refractivity contribution is 5.35. The van der Waals surface area contributed by atoms with Gasteiger partial charge in [-0.25, -0.2) is 0 Å². The summed E-state index contributed by atoms with van der Waals surface area (Å²) in [6, 6.07) is 6.31. The average Bonchev–Trinajstić information content (AvgIpc) is 2.18. The lowest BCUT2D eigenvalue weighted by Gasteiger charge is -2.22. The van der Waals surface area contributed by atoms with Gasteiger partial charge in [0.05, 0.1) is 6.61 Å². The molecule has 0 spiro atoms. The molecule has 0 aromatic heterocycles. The zero-order valence-corrected chi connectivity index (χ0v) is 7.66. The van der Waals surface area contributed by atoms with Crippen molar-refractivity contribution < 1.29 is 5.11 Å². The van der Waals surface area contributed by atoms with E-state index in [1.807, 2.05) is 6.07 Å². The van der Waals surface area contributed by atoms with Crippen LogP contribution in [0.3, 0.4) is 0 Å². The second-order valence-corrected chi connectivity index (χ2v) is 3.69. The molecule has 0 amide bonds. The first-order valence-corrected chi connectivity index (χ1v) is 4.79. The van der Waals surface area contributed by atoms with Gasteiger partial charge in [-0.3, -0.25) is 0 Å². The Morgan fingerprint density at radius 3 is 3.08 bits per heavy atom. The Morgan fingerprint density at radius 1 is 1.46 bits per heavy atom. The van der Waals surface area contributed by atoms with Gasteiger partial charge in [0.2, 0.25) is 0 Å². The summed E-state index contributed by atoms with van der Waals surface area (Å²) in [5, 5.41) is 8.97. The molecule has 0 bridgehead atoms. The number of nitrogens with two attached hydrogens (primary N) is 1. The van der Waals surface area contributed by atoms with Crippen LogP contribution in [0.15, 0.2) is 18.2 Å². The lowest BCUT2D eigenvalue weighted by molar-refractivity contribution is 0.281. The summed E-state index contributed by atoms with van der Waals surface area (Å²) >= 11 is 0. The van der Waals surface area contributed by atoms with Crippen molar-refractivity contribution in [2.75, 3.05) is 0 Å². The van der Waals surface area contributed by atoms with E-state index < -0.39 is 0 Å². The standard InChI is InChI=1S/C11H15NO/c12-11-3-1-2-9-6-8(7-13)4-5-10(9)11/h4-6,11,13H,1-3,7,12H2/t11-/m0/s1. The van der Waals surface area contributed by atoms with Crippen molar-refractivity contribution in [3.8, 4) is 0 Å². The molecule has 3 N–H and O–H groups in total. The van der Waals surface area contributed by atoms with Crippen molar-refractivity contribution in [1.29, 1.82) is 0 Å². The Hall–Kier alpha value is -0.860. The van der Waals surface area contributed by atoms with E-state index in [-0.39, 0.29) is 12.6 Å². The molecular formula is C11H15NO. The second kappa shape index (κ2) is 3.48. The van der Waals surface area contributed by atoms with Crippen LogP contribution in [0.25, 0.3) is 0 Å². The number of rotatable bonds is 1. The Labute approximate surface area is 78.4 Å². The van der Waals surface area contributed by atoms with Crippen LogP contribution in [0.4, 0.5) is 0 Å². The maximum absolute atomic E-state index is 8.97. The monoisotopic (exact) mass is 177 g/mol. The number of fused-ring (bicyclic) bond motifs is 1. The summed E-state index contributed by atoms with van der Waals surface area (Å²) in [7, 11) is 0. The SMILES string of the molecule is N[C@H]1CCCc2cc(CO)ccc21. The van der Waals surface area contributed by atoms with E-state index in [9.17, 15) is 0 Å². The van der Waals surface area contributed by atoms with E-state index in [0.717, 1.165) is 18.4 Å². The summed E-state index contributed by atoms with van der Waals surface area (Å²) < 4.78 is 0. The molecule has 70 valence electrons. The van der Waals surface area contributed by atoms with Crippen molar-refractivity contribution in [3.05, 3.63) is 34.9 Å². The van der Waals surface area contributed by atoms with Gasteiger partial charge in [-0.1, -0.05) is 18.2 Å². The highest BCUT2D eigenvalue weighted by Crippen LogP contribution is 2.28. The average molecular weight is 177 g/mol. The zero-order chi connectivity index (χ0) is 9.26. The summed E-state index contributed by atoms with van der Waals surface area (Å²) in [6.45, 7) is 0.127. The number of aliphatic hydroxyl groups excluding tert-OH is 1. The second-order valence-electron chi connectivity index (χ2n) is 3.69. The van der Waals surface area contributed by atoms with Crippen LogP contribution in [0, 0.1) is 0 Å². The first-order chi connectivity index (χ1) is 6.31. The fraction of sp³-hybridized carbons (Fsp3) is 0.455. The van der Waals surface area contributed by atoms with Crippen molar-refractivity contribution in [2.45, 2.75) is 31.9 Å². The molecule has 2 heteroatoms. The fourth-order valence-corrected chi connectivity index (χ4v) is 2.00. The van der Waals surface area contributed by atoms with Gasteiger partial charge in [0.15, 0.2) is 0 Å². The van der Waals surface area contributed by atoms with Crippen molar-refractivity contribution in [1.82, 2.24) is 0 Å². The number of aryl methyl sites for hydroxylation is 1. The zero-order valence-electron chi connectivity index (χ0n) is 7.66. The van der Waals surface area contributed by atoms with Crippen molar-refractivity contribution in [2.24, 2.45) is 5.73 Å². The third-order valence-corrected chi connectivity index (χ3v) is 2.75. The molecule has 0 saturated carbocycles. The van der Waals surface area contributed by atoms with Crippen LogP contribution in [-0.2, 0) is 13.0 Å². The third kappa shape index (κ3) is 1.60. The van der Waals surface area contributed by atoms with Gasteiger partial charge < -0.3 is 10.8 Å². The van der Waals surface area contributed by atoms with Crippen molar-refractivity contribution in [3.63, 3.8) is 0 Å². The Kier molecular flexibility index (Phi) is 2.34. The highest BCUT2D eigenvalue weighted by Gasteiger charge is 2.16. The maximum Gasteiger partial charge on any atom is 0.0681 e. The molecule has 0 unspecified atom stereocenters. The van der Waals surface area contributed by atoms with Gasteiger partial charge >= 0.3 is 0 Å². The molecule has 1 aromatic rings. The van der Waals surface area contributed by atoms with Gasteiger partial charge in [-0.2, -0.15) is 0 Å². The Bertz CT molecular complexity index is 309. The van der Waals surface area contributed by atoms with Gasteiger partial charge in [-0.15, -0.1) is 0 Å². The molecule has 0 fully saturated rings. The van der Waals surface area contributed by atoms with E-state index >= 15 is 0 Å². The molecule has 2 nitrogen and oxygen atoms in total. The summed E-state index contributed by atoms with van der Waals surface area (Å²) in [5.41, 5.74) is 9.56. The van der Waals surface area contributed by atoms with E-state index in [1.165, 1.54) is 17.5 Å². The molecule has 0 saturated heterocycles. The lowest BCUT2D eigenvalue weighted by atomic mass is 9.87. The van der Waals surface area contributed by atoms with Crippen LogP contribution < -0.4 is 5.73 Å². The van der Waals surface area contributed by atoms with Crippen LogP contribution in [0.2, 0.25) is 0 Å². The smallest absolute Gasteiger partial charge is 0.0681 e. The summed E-state index contributed by atoms with van der Waals surface area (Å²) in [5.74, 6) is 0. The largest absolute Gasteiger partial charge is 0.392 e. The maximum atomic E-state index is 8.97. The van der Waals surface area contributed by atoms with Gasteiger partial charge in [0, 0.05) is 6.04 Å². The Balaban J connectivity index is 2.39. The molecule has 1 aromatic carbocycles. The minimum atomic E-state index is 0.127. The van der Waals surface area contributed by atoms with Crippen LogP contribution in [-0.4, -0.2) is 5.11 Å². The van der Waals surface area contributed by atoms with Gasteiger partial charge in [0.1, 0.15) is 0 Å². The van der Waals surface area contributed by atoms with Crippen LogP contribution in [0.1, 0.15) is 35.6 Å². The molecule has 1 aliphatic rings. The van der Waals surface area contributed by atoms with E-state index in [1.54, 1.807) is 0 Å². The minimum absolute atomic E-state index is 0.127.